The van der Waals surface area contributed by atoms with E-state index in [1.807, 2.05) is 0 Å². The van der Waals surface area contributed by atoms with Crippen molar-refractivity contribution in [2.24, 2.45) is 0 Å². The monoisotopic (exact) mass is 221 g/mol. The van der Waals surface area contributed by atoms with Gasteiger partial charge < -0.3 is 5.11 Å². The maximum absolute atomic E-state index is 12.5. The van der Waals surface area contributed by atoms with Gasteiger partial charge in [0.25, 0.3) is 6.43 Å². The van der Waals surface area contributed by atoms with Gasteiger partial charge in [-0.15, -0.1) is 11.6 Å². The number of aliphatic hydroxyl groups is 1. The Morgan fingerprint density at radius 1 is 1.57 bits per heavy atom. The van der Waals surface area contributed by atoms with Crippen molar-refractivity contribution in [2.45, 2.75) is 25.8 Å². The molecular weight excluding hydrogens is 212 g/mol. The minimum atomic E-state index is -2.59. The summed E-state index contributed by atoms with van der Waals surface area (Å²) in [4.78, 5) is 3.94. The van der Waals surface area contributed by atoms with Gasteiger partial charge in [0.1, 0.15) is 0 Å². The third-order valence-corrected chi connectivity index (χ3v) is 2.22. The zero-order valence-electron chi connectivity index (χ0n) is 7.60. The van der Waals surface area contributed by atoms with Crippen LogP contribution in [-0.2, 0) is 12.5 Å². The van der Waals surface area contributed by atoms with E-state index in [0.717, 1.165) is 0 Å². The van der Waals surface area contributed by atoms with Gasteiger partial charge >= 0.3 is 0 Å². The second kappa shape index (κ2) is 4.66. The summed E-state index contributed by atoms with van der Waals surface area (Å²) >= 11 is 5.54. The van der Waals surface area contributed by atoms with Crippen molar-refractivity contribution in [3.8, 4) is 0 Å². The Morgan fingerprint density at radius 2 is 2.21 bits per heavy atom. The molecule has 0 aliphatic rings. The first kappa shape index (κ1) is 11.3. The van der Waals surface area contributed by atoms with Gasteiger partial charge in [-0.3, -0.25) is 4.98 Å². The van der Waals surface area contributed by atoms with Crippen molar-refractivity contribution in [1.29, 1.82) is 0 Å². The van der Waals surface area contributed by atoms with Gasteiger partial charge in [-0.2, -0.15) is 0 Å². The van der Waals surface area contributed by atoms with Crippen LogP contribution in [0.5, 0.6) is 0 Å². The number of nitrogens with zero attached hydrogens (tertiary/aromatic N) is 1. The van der Waals surface area contributed by atoms with Gasteiger partial charge in [0.05, 0.1) is 12.3 Å². The first-order chi connectivity index (χ1) is 6.60. The Balaban J connectivity index is 3.28. The number of aromatic nitrogens is 1. The maximum atomic E-state index is 12.5. The van der Waals surface area contributed by atoms with Crippen LogP contribution in [0.3, 0.4) is 0 Å². The van der Waals surface area contributed by atoms with Crippen LogP contribution in [0.1, 0.15) is 28.9 Å². The predicted molar refractivity (Wildman–Crippen MR) is 49.4 cm³/mol. The fourth-order valence-corrected chi connectivity index (χ4v) is 1.59. The van der Waals surface area contributed by atoms with Crippen molar-refractivity contribution < 1.29 is 13.9 Å². The van der Waals surface area contributed by atoms with Crippen LogP contribution in [0.15, 0.2) is 6.07 Å². The summed E-state index contributed by atoms with van der Waals surface area (Å²) in [5, 5.41) is 8.79. The van der Waals surface area contributed by atoms with E-state index in [1.165, 1.54) is 6.07 Å². The summed E-state index contributed by atoms with van der Waals surface area (Å²) < 4.78 is 25.1. The van der Waals surface area contributed by atoms with E-state index in [4.69, 9.17) is 16.7 Å². The lowest BCUT2D eigenvalue weighted by Crippen LogP contribution is -2.02. The highest BCUT2D eigenvalue weighted by Crippen LogP contribution is 2.26. The van der Waals surface area contributed by atoms with Crippen LogP contribution in [-0.4, -0.2) is 10.1 Å². The first-order valence-electron chi connectivity index (χ1n) is 4.04. The minimum Gasteiger partial charge on any atom is -0.390 e. The Kier molecular flexibility index (Phi) is 3.77. The lowest BCUT2D eigenvalue weighted by molar-refractivity contribution is 0.150. The molecule has 0 fully saturated rings. The van der Waals surface area contributed by atoms with Crippen LogP contribution in [0.2, 0.25) is 0 Å². The smallest absolute Gasteiger partial charge is 0.264 e. The Hall–Kier alpha value is -0.740. The van der Waals surface area contributed by atoms with E-state index >= 15 is 0 Å². The highest BCUT2D eigenvalue weighted by Gasteiger charge is 2.16. The zero-order valence-corrected chi connectivity index (χ0v) is 8.35. The fraction of sp³-hybridized carbons (Fsp3) is 0.444. The summed E-state index contributed by atoms with van der Waals surface area (Å²) in [5.74, 6) is 0.00418. The Morgan fingerprint density at radius 3 is 2.64 bits per heavy atom. The van der Waals surface area contributed by atoms with Crippen LogP contribution < -0.4 is 0 Å². The van der Waals surface area contributed by atoms with E-state index in [-0.39, 0.29) is 23.7 Å². The molecule has 1 N–H and O–H groups in total. The molecule has 14 heavy (non-hydrogen) atoms. The van der Waals surface area contributed by atoms with E-state index in [9.17, 15) is 8.78 Å². The average Bonchev–Trinajstić information content (AvgIpc) is 2.16. The van der Waals surface area contributed by atoms with E-state index < -0.39 is 6.43 Å². The van der Waals surface area contributed by atoms with Crippen LogP contribution in [0, 0.1) is 6.92 Å². The van der Waals surface area contributed by atoms with Crippen molar-refractivity contribution >= 4 is 11.6 Å². The highest BCUT2D eigenvalue weighted by atomic mass is 35.5. The third kappa shape index (κ3) is 2.19. The summed E-state index contributed by atoms with van der Waals surface area (Å²) in [6.07, 6.45) is -2.59. The summed E-state index contributed by atoms with van der Waals surface area (Å²) in [7, 11) is 0. The first-order valence-corrected chi connectivity index (χ1v) is 4.57. The molecule has 0 unspecified atom stereocenters. The summed E-state index contributed by atoms with van der Waals surface area (Å²) in [5.41, 5.74) is 0.893. The molecule has 0 aromatic carbocycles. The molecule has 1 aromatic rings. The summed E-state index contributed by atoms with van der Waals surface area (Å²) in [6.45, 7) is 1.26. The molecule has 0 bridgehead atoms. The molecule has 0 saturated carbocycles. The fourth-order valence-electron chi connectivity index (χ4n) is 1.24. The number of hydrogen-bond acceptors (Lipinski definition) is 2. The molecule has 1 rings (SSSR count). The molecule has 1 heterocycles. The number of rotatable bonds is 3. The normalized spacial score (nSPS) is 11.0. The number of aryl methyl sites for hydroxylation is 1. The molecule has 0 amide bonds. The zero-order chi connectivity index (χ0) is 10.7. The molecule has 0 aliphatic heterocycles. The molecule has 1 aromatic heterocycles. The van der Waals surface area contributed by atoms with Gasteiger partial charge in [0.2, 0.25) is 0 Å². The quantitative estimate of drug-likeness (QED) is 0.796. The molecule has 0 atom stereocenters. The topological polar surface area (TPSA) is 33.1 Å². The van der Waals surface area contributed by atoms with Crippen LogP contribution in [0.25, 0.3) is 0 Å². The second-order valence-corrected chi connectivity index (χ2v) is 3.13. The van der Waals surface area contributed by atoms with Crippen molar-refractivity contribution in [3.05, 3.63) is 28.6 Å². The molecule has 0 spiro atoms. The van der Waals surface area contributed by atoms with Gasteiger partial charge in [0.15, 0.2) is 0 Å². The minimum absolute atomic E-state index is 0.00418. The lowest BCUT2D eigenvalue weighted by atomic mass is 10.1. The lowest BCUT2D eigenvalue weighted by Gasteiger charge is -2.10. The SMILES string of the molecule is Cc1nc(CO)cc(C(F)F)c1CCl. The number of pyridine rings is 1. The van der Waals surface area contributed by atoms with Crippen LogP contribution in [0.4, 0.5) is 8.78 Å². The molecule has 0 saturated heterocycles. The van der Waals surface area contributed by atoms with Gasteiger partial charge in [-0.25, -0.2) is 8.78 Å². The molecule has 0 radical (unpaired) electrons. The second-order valence-electron chi connectivity index (χ2n) is 2.86. The third-order valence-electron chi connectivity index (χ3n) is 1.95. The number of hydrogen-bond donors (Lipinski definition) is 1. The molecule has 5 heteroatoms. The predicted octanol–water partition coefficient (Wildman–Crippen LogP) is 2.56. The van der Waals surface area contributed by atoms with E-state index in [0.29, 0.717) is 11.3 Å². The Labute approximate surface area is 85.5 Å². The average molecular weight is 222 g/mol. The number of halogens is 3. The van der Waals surface area contributed by atoms with Crippen molar-refractivity contribution in [2.75, 3.05) is 0 Å². The van der Waals surface area contributed by atoms with Gasteiger partial charge in [-0.05, 0) is 18.6 Å². The molecule has 2 nitrogen and oxygen atoms in total. The maximum Gasteiger partial charge on any atom is 0.264 e. The Bertz CT molecular complexity index is 331. The molecule has 0 aliphatic carbocycles. The van der Waals surface area contributed by atoms with Crippen molar-refractivity contribution in [1.82, 2.24) is 4.98 Å². The largest absolute Gasteiger partial charge is 0.390 e. The highest BCUT2D eigenvalue weighted by molar-refractivity contribution is 6.17. The molecular formula is C9H10ClF2NO. The van der Waals surface area contributed by atoms with E-state index in [1.54, 1.807) is 6.92 Å². The van der Waals surface area contributed by atoms with Gasteiger partial charge in [-0.1, -0.05) is 0 Å². The van der Waals surface area contributed by atoms with Gasteiger partial charge in [0, 0.05) is 17.1 Å². The number of alkyl halides is 3. The molecule has 78 valence electrons. The van der Waals surface area contributed by atoms with E-state index in [2.05, 4.69) is 4.98 Å². The summed E-state index contributed by atoms with van der Waals surface area (Å²) in [6, 6.07) is 1.19. The van der Waals surface area contributed by atoms with Crippen molar-refractivity contribution in [3.63, 3.8) is 0 Å². The standard InChI is InChI=1S/C9H10ClF2NO/c1-5-8(3-10)7(9(11)12)2-6(4-14)13-5/h2,9,14H,3-4H2,1H3. The van der Waals surface area contributed by atoms with Crippen LogP contribution >= 0.6 is 11.6 Å². The number of aliphatic hydroxyl groups excluding tert-OH is 1.